The first-order valence-corrected chi connectivity index (χ1v) is 19.3. The van der Waals surface area contributed by atoms with Crippen LogP contribution in [0.2, 0.25) is 0 Å². The summed E-state index contributed by atoms with van der Waals surface area (Å²) >= 11 is 0. The van der Waals surface area contributed by atoms with Gasteiger partial charge in [-0.2, -0.15) is 0 Å². The largest absolute Gasteiger partial charge is 0.504 e. The number of fused-ring (bicyclic) bond motifs is 7. The van der Waals surface area contributed by atoms with Gasteiger partial charge in [0.05, 0.1) is 16.6 Å². The summed E-state index contributed by atoms with van der Waals surface area (Å²) in [4.78, 5) is 26.5. The third kappa shape index (κ3) is 5.06. The number of hydrogen-bond acceptors (Lipinski definition) is 9. The van der Waals surface area contributed by atoms with Crippen molar-refractivity contribution in [2.45, 2.75) is 96.4 Å². The Kier molecular flexibility index (Phi) is 8.05. The molecule has 0 spiro atoms. The summed E-state index contributed by atoms with van der Waals surface area (Å²) < 4.78 is 36.4. The summed E-state index contributed by atoms with van der Waals surface area (Å²) in [5.74, 6) is -0.785. The first-order chi connectivity index (χ1) is 23.9. The summed E-state index contributed by atoms with van der Waals surface area (Å²) in [6, 6.07) is 7.48. The molecule has 1 aromatic heterocycles. The molecule has 0 radical (unpaired) electrons. The predicted octanol–water partition coefficient (Wildman–Crippen LogP) is 6.26. The van der Waals surface area contributed by atoms with Gasteiger partial charge in [-0.15, -0.1) is 0 Å². The van der Waals surface area contributed by atoms with E-state index in [1.54, 1.807) is 24.3 Å². The Hall–Kier alpha value is -4.19. The van der Waals surface area contributed by atoms with Gasteiger partial charge in [-0.3, -0.25) is 14.2 Å². The van der Waals surface area contributed by atoms with E-state index in [2.05, 4.69) is 54.9 Å². The highest BCUT2D eigenvalue weighted by atomic mass is 32.2. The zero-order valence-electron chi connectivity index (χ0n) is 30.2. The van der Waals surface area contributed by atoms with Gasteiger partial charge < -0.3 is 20.4 Å². The molecule has 5 aliphatic rings. The molecular formula is C39H47N3O8S. The Morgan fingerprint density at radius 3 is 2.49 bits per heavy atom. The highest BCUT2D eigenvalue weighted by Crippen LogP contribution is 2.75. The zero-order chi connectivity index (χ0) is 36.8. The number of carbonyl (C=O) groups is 2. The first kappa shape index (κ1) is 35.2. The fraction of sp³-hybridized carbons (Fsp3) is 0.538. The van der Waals surface area contributed by atoms with E-state index in [1.165, 1.54) is 17.7 Å². The molecule has 0 aliphatic heterocycles. The van der Waals surface area contributed by atoms with Gasteiger partial charge in [0, 0.05) is 16.4 Å². The summed E-state index contributed by atoms with van der Waals surface area (Å²) in [7, 11) is -4.26. The molecule has 12 heteroatoms. The van der Waals surface area contributed by atoms with Crippen LogP contribution in [0.15, 0.2) is 91.2 Å². The van der Waals surface area contributed by atoms with Crippen molar-refractivity contribution in [1.82, 2.24) is 10.5 Å². The van der Waals surface area contributed by atoms with Gasteiger partial charge in [0.1, 0.15) is 6.61 Å². The van der Waals surface area contributed by atoms with Crippen LogP contribution >= 0.6 is 0 Å². The number of ketones is 1. The highest BCUT2D eigenvalue weighted by Gasteiger charge is 2.67. The fourth-order valence-electron chi connectivity index (χ4n) is 10.4. The quantitative estimate of drug-likeness (QED) is 0.249. The SMILES string of the molecule is CC1=C(O)C(=O)C=C2C1=CC=C1[C@@]2(C)CC[C@@]2(C)[C@@H]3C[C@](C)(C(=O)NCCOc4no[n+]([O-])c4S(=O)(=O)c4ccccc4)CC[C@]3(C)CC[C@]12C. The second-order valence-electron chi connectivity index (χ2n) is 16.6. The molecule has 3 fully saturated rings. The van der Waals surface area contributed by atoms with E-state index in [0.717, 1.165) is 56.1 Å². The number of benzene rings is 1. The summed E-state index contributed by atoms with van der Waals surface area (Å²) in [6.45, 7) is 13.3. The number of allylic oxidation sites excluding steroid dienone is 7. The molecule has 272 valence electrons. The molecule has 0 bridgehead atoms. The van der Waals surface area contributed by atoms with Crippen LogP contribution in [0.25, 0.3) is 0 Å². The normalized spacial score (nSPS) is 34.6. The van der Waals surface area contributed by atoms with E-state index in [4.69, 9.17) is 4.74 Å². The van der Waals surface area contributed by atoms with E-state index in [-0.39, 0.29) is 68.0 Å². The maximum atomic E-state index is 14.0. The van der Waals surface area contributed by atoms with Crippen LogP contribution in [0.3, 0.4) is 0 Å². The molecule has 3 saturated carbocycles. The fourth-order valence-corrected chi connectivity index (χ4v) is 11.7. The number of nitrogens with zero attached hydrogens (tertiary/aromatic N) is 2. The van der Waals surface area contributed by atoms with Crippen molar-refractivity contribution in [2.24, 2.45) is 33.0 Å². The Morgan fingerprint density at radius 1 is 1.06 bits per heavy atom. The minimum Gasteiger partial charge on any atom is -0.504 e. The van der Waals surface area contributed by atoms with Gasteiger partial charge in [0.15, 0.2) is 5.76 Å². The first-order valence-electron chi connectivity index (χ1n) is 17.8. The Balaban J connectivity index is 1.08. The van der Waals surface area contributed by atoms with Gasteiger partial charge in [0.2, 0.25) is 11.7 Å². The zero-order valence-corrected chi connectivity index (χ0v) is 31.0. The van der Waals surface area contributed by atoms with Crippen molar-refractivity contribution in [1.29, 1.82) is 0 Å². The number of aliphatic hydroxyl groups excluding tert-OH is 1. The average Bonchev–Trinajstić information content (AvgIpc) is 3.48. The van der Waals surface area contributed by atoms with Gasteiger partial charge in [-0.1, -0.05) is 70.5 Å². The molecule has 2 aromatic rings. The van der Waals surface area contributed by atoms with Crippen molar-refractivity contribution in [3.05, 3.63) is 81.8 Å². The van der Waals surface area contributed by atoms with Crippen LogP contribution in [-0.2, 0) is 19.4 Å². The van der Waals surface area contributed by atoms with Gasteiger partial charge in [0.25, 0.3) is 9.84 Å². The van der Waals surface area contributed by atoms with Crippen molar-refractivity contribution >= 4 is 21.5 Å². The third-order valence-electron chi connectivity index (χ3n) is 13.9. The third-order valence-corrected chi connectivity index (χ3v) is 15.6. The Bertz CT molecular complexity index is 2060. The number of hydrogen-bond donors (Lipinski definition) is 2. The van der Waals surface area contributed by atoms with Crippen LogP contribution in [-0.4, -0.2) is 43.5 Å². The van der Waals surface area contributed by atoms with Crippen LogP contribution in [0.5, 0.6) is 5.88 Å². The molecule has 1 aromatic carbocycles. The number of rotatable bonds is 7. The number of aromatic nitrogens is 2. The Labute approximate surface area is 299 Å². The van der Waals surface area contributed by atoms with Crippen molar-refractivity contribution in [3.63, 3.8) is 0 Å². The molecular weight excluding hydrogens is 671 g/mol. The van der Waals surface area contributed by atoms with Crippen LogP contribution in [0.1, 0.15) is 86.5 Å². The minimum absolute atomic E-state index is 0.0770. The van der Waals surface area contributed by atoms with Crippen molar-refractivity contribution in [3.8, 4) is 5.88 Å². The van der Waals surface area contributed by atoms with E-state index >= 15 is 0 Å². The maximum Gasteiger partial charge on any atom is 0.415 e. The Morgan fingerprint density at radius 2 is 1.76 bits per heavy atom. The minimum atomic E-state index is -4.26. The molecule has 11 nitrogen and oxygen atoms in total. The molecule has 6 atom stereocenters. The number of nitrogens with one attached hydrogen (secondary N) is 1. The standard InChI is InChI=1S/C39H47N3O8S/c1-24-26-12-13-29-37(4,27(26)22-28(43)31(24)44)17-19-39(6)30-23-36(3,15-14-35(30,2)16-18-38(29,39)5)34(45)40-20-21-49-32-33(42(46)50-41-32)51(47,48)25-10-8-7-9-11-25/h7-13,22,30,44H,14-21,23H2,1-6H3,(H,40,45)/t30-,35-,36-,37+,38-,39+/m1/s1. The van der Waals surface area contributed by atoms with Crippen molar-refractivity contribution < 1.29 is 37.4 Å². The molecule has 51 heavy (non-hydrogen) atoms. The lowest BCUT2D eigenvalue weighted by atomic mass is 9.34. The molecule has 5 aliphatic carbocycles. The number of amides is 1. The van der Waals surface area contributed by atoms with Gasteiger partial charge in [-0.25, -0.2) is 8.42 Å². The van der Waals surface area contributed by atoms with E-state index < -0.39 is 26.2 Å². The summed E-state index contributed by atoms with van der Waals surface area (Å²) in [5, 5.41) is 28.5. The number of aliphatic hydroxyl groups is 1. The smallest absolute Gasteiger partial charge is 0.415 e. The molecule has 1 heterocycles. The monoisotopic (exact) mass is 717 g/mol. The number of sulfone groups is 1. The molecule has 0 unspecified atom stereocenters. The van der Waals surface area contributed by atoms with Crippen molar-refractivity contribution in [2.75, 3.05) is 13.2 Å². The lowest BCUT2D eigenvalue weighted by Crippen LogP contribution is -2.62. The summed E-state index contributed by atoms with van der Waals surface area (Å²) in [6.07, 6.45) is 12.3. The lowest BCUT2D eigenvalue weighted by molar-refractivity contribution is -0.832. The van der Waals surface area contributed by atoms with Crippen LogP contribution < -0.4 is 15.0 Å². The predicted molar refractivity (Wildman–Crippen MR) is 187 cm³/mol. The van der Waals surface area contributed by atoms with Gasteiger partial charge >= 0.3 is 10.9 Å². The van der Waals surface area contributed by atoms with E-state index in [1.807, 2.05) is 13.8 Å². The van der Waals surface area contributed by atoms with Crippen LogP contribution in [0, 0.1) is 38.2 Å². The highest BCUT2D eigenvalue weighted by molar-refractivity contribution is 7.91. The topological polar surface area (TPSA) is 163 Å². The van der Waals surface area contributed by atoms with E-state index in [9.17, 15) is 28.3 Å². The average molecular weight is 718 g/mol. The molecule has 1 amide bonds. The lowest BCUT2D eigenvalue weighted by Gasteiger charge is -2.70. The van der Waals surface area contributed by atoms with E-state index in [0.29, 0.717) is 5.57 Å². The molecule has 0 saturated heterocycles. The number of carbonyl (C=O) groups excluding carboxylic acids is 2. The second kappa shape index (κ2) is 11.7. The maximum absolute atomic E-state index is 14.0. The van der Waals surface area contributed by atoms with Crippen LogP contribution in [0.4, 0.5) is 0 Å². The van der Waals surface area contributed by atoms with Gasteiger partial charge in [-0.05, 0) is 108 Å². The summed E-state index contributed by atoms with van der Waals surface area (Å²) in [5.41, 5.74) is 2.79. The number of ether oxygens (including phenoxy) is 1. The molecule has 2 N–H and O–H groups in total. The molecule has 7 rings (SSSR count). The second-order valence-corrected chi connectivity index (χ2v) is 18.4.